The van der Waals surface area contributed by atoms with Crippen LogP contribution in [-0.2, 0) is 6.67 Å². The van der Waals surface area contributed by atoms with E-state index < -0.39 is 29.7 Å². The Morgan fingerprint density at radius 3 is 2.29 bits per heavy atom. The maximum absolute atomic E-state index is 14.2. The first-order chi connectivity index (χ1) is 11.5. The number of halogens is 4. The molecule has 2 aromatic carbocycles. The smallest absolute Gasteiger partial charge is 0.132 e. The molecule has 24 heavy (non-hydrogen) atoms. The molecule has 2 rings (SSSR count). The lowest BCUT2D eigenvalue weighted by Gasteiger charge is -2.07. The van der Waals surface area contributed by atoms with Gasteiger partial charge in [-0.05, 0) is 41.8 Å². The Morgan fingerprint density at radius 2 is 1.75 bits per heavy atom. The highest BCUT2D eigenvalue weighted by molar-refractivity contribution is 5.82. The van der Waals surface area contributed by atoms with Crippen LogP contribution in [-0.4, -0.2) is 12.4 Å². The van der Waals surface area contributed by atoms with E-state index in [1.165, 1.54) is 30.6 Å². The molecular formula is C18H14F4N2. The summed E-state index contributed by atoms with van der Waals surface area (Å²) in [5.74, 6) is -2.78. The molecule has 0 amide bonds. The summed E-state index contributed by atoms with van der Waals surface area (Å²) in [5.41, 5.74) is 0.398. The van der Waals surface area contributed by atoms with Gasteiger partial charge in [-0.25, -0.2) is 17.6 Å². The molecule has 6 heteroatoms. The fourth-order valence-electron chi connectivity index (χ4n) is 2.01. The zero-order valence-electron chi connectivity index (χ0n) is 12.8. The van der Waals surface area contributed by atoms with Gasteiger partial charge in [0, 0.05) is 24.2 Å². The van der Waals surface area contributed by atoms with Crippen molar-refractivity contribution in [1.29, 1.82) is 5.41 Å². The molecule has 2 aromatic rings. The number of rotatable bonds is 5. The van der Waals surface area contributed by atoms with Crippen molar-refractivity contribution >= 4 is 12.4 Å². The van der Waals surface area contributed by atoms with Crippen LogP contribution >= 0.6 is 0 Å². The Bertz CT molecular complexity index is 803. The molecule has 0 atom stereocenters. The zero-order chi connectivity index (χ0) is 17.7. The Hall–Kier alpha value is -2.76. The van der Waals surface area contributed by atoms with Gasteiger partial charge < -0.3 is 5.41 Å². The van der Waals surface area contributed by atoms with E-state index in [2.05, 4.69) is 4.99 Å². The van der Waals surface area contributed by atoms with Crippen molar-refractivity contribution in [3.05, 3.63) is 70.7 Å². The zero-order valence-corrected chi connectivity index (χ0v) is 12.8. The molecule has 1 N–H and O–H groups in total. The lowest BCUT2D eigenvalue weighted by atomic mass is 10.0. The molecular weight excluding hydrogens is 320 g/mol. The topological polar surface area (TPSA) is 36.2 Å². The van der Waals surface area contributed by atoms with Crippen molar-refractivity contribution in [1.82, 2.24) is 0 Å². The summed E-state index contributed by atoms with van der Waals surface area (Å²) in [7, 11) is 0. The van der Waals surface area contributed by atoms with Gasteiger partial charge in [-0.15, -0.1) is 0 Å². The third-order valence-electron chi connectivity index (χ3n) is 3.31. The SMILES string of the molecule is C/C(C=N)=C/N=Cc1ccc(-c2cc(F)c(CF)c(F)c2)c(F)c1. The summed E-state index contributed by atoms with van der Waals surface area (Å²) in [6.07, 6.45) is 3.97. The number of benzene rings is 2. The van der Waals surface area contributed by atoms with E-state index in [0.717, 1.165) is 18.3 Å². The number of hydrogen-bond acceptors (Lipinski definition) is 2. The fraction of sp³-hybridized carbons (Fsp3) is 0.111. The third-order valence-corrected chi connectivity index (χ3v) is 3.31. The monoisotopic (exact) mass is 334 g/mol. The first-order valence-corrected chi connectivity index (χ1v) is 7.00. The van der Waals surface area contributed by atoms with Crippen molar-refractivity contribution in [2.75, 3.05) is 0 Å². The summed E-state index contributed by atoms with van der Waals surface area (Å²) < 4.78 is 54.0. The normalized spacial score (nSPS) is 12.0. The number of allylic oxidation sites excluding steroid dienone is 1. The average molecular weight is 334 g/mol. The number of hydrogen-bond donors (Lipinski definition) is 1. The lowest BCUT2D eigenvalue weighted by Crippen LogP contribution is -1.96. The molecule has 2 nitrogen and oxygen atoms in total. The summed E-state index contributed by atoms with van der Waals surface area (Å²) in [6.45, 7) is 0.427. The van der Waals surface area contributed by atoms with Crippen LogP contribution in [0.2, 0.25) is 0 Å². The van der Waals surface area contributed by atoms with E-state index in [1.807, 2.05) is 0 Å². The average Bonchev–Trinajstić information content (AvgIpc) is 2.54. The van der Waals surface area contributed by atoms with Crippen molar-refractivity contribution in [2.24, 2.45) is 4.99 Å². The van der Waals surface area contributed by atoms with Gasteiger partial charge in [0.25, 0.3) is 0 Å². The molecule has 0 bridgehead atoms. The van der Waals surface area contributed by atoms with Crippen LogP contribution in [0.4, 0.5) is 17.6 Å². The Labute approximate surface area is 136 Å². The quantitative estimate of drug-likeness (QED) is 0.575. The second-order valence-electron chi connectivity index (χ2n) is 5.09. The highest BCUT2D eigenvalue weighted by Crippen LogP contribution is 2.27. The largest absolute Gasteiger partial charge is 0.308 e. The van der Waals surface area contributed by atoms with E-state index in [1.54, 1.807) is 6.92 Å². The van der Waals surface area contributed by atoms with Crippen LogP contribution in [0.15, 0.2) is 47.1 Å². The van der Waals surface area contributed by atoms with Crippen molar-refractivity contribution in [3.8, 4) is 11.1 Å². The predicted molar refractivity (Wildman–Crippen MR) is 86.7 cm³/mol. The number of alkyl halides is 1. The first-order valence-electron chi connectivity index (χ1n) is 7.00. The van der Waals surface area contributed by atoms with Crippen molar-refractivity contribution in [2.45, 2.75) is 13.6 Å². The molecule has 0 aliphatic heterocycles. The second kappa shape index (κ2) is 7.68. The minimum atomic E-state index is -1.27. The van der Waals surface area contributed by atoms with Crippen LogP contribution in [0.1, 0.15) is 18.1 Å². The van der Waals surface area contributed by atoms with Crippen LogP contribution in [0, 0.1) is 22.9 Å². The second-order valence-corrected chi connectivity index (χ2v) is 5.09. The molecule has 124 valence electrons. The van der Waals surface area contributed by atoms with Gasteiger partial charge >= 0.3 is 0 Å². The standard InChI is InChI=1S/C18H14F4N2/c1-11(8-23)9-24-10-12-2-3-14(16(20)4-12)13-5-17(21)15(7-19)18(22)6-13/h2-6,8-10,23H,7H2,1H3/b11-9-,23-8?,24-10?. The van der Waals surface area contributed by atoms with Crippen LogP contribution < -0.4 is 0 Å². The van der Waals surface area contributed by atoms with Crippen LogP contribution in [0.5, 0.6) is 0 Å². The van der Waals surface area contributed by atoms with Gasteiger partial charge in [0.05, 0.1) is 5.56 Å². The van der Waals surface area contributed by atoms with E-state index in [-0.39, 0.29) is 11.1 Å². The molecule has 0 aromatic heterocycles. The van der Waals surface area contributed by atoms with E-state index in [4.69, 9.17) is 5.41 Å². The van der Waals surface area contributed by atoms with E-state index >= 15 is 0 Å². The van der Waals surface area contributed by atoms with Gasteiger partial charge in [-0.1, -0.05) is 12.1 Å². The van der Waals surface area contributed by atoms with Crippen LogP contribution in [0.25, 0.3) is 11.1 Å². The summed E-state index contributed by atoms with van der Waals surface area (Å²) in [4.78, 5) is 3.94. The van der Waals surface area contributed by atoms with E-state index in [9.17, 15) is 17.6 Å². The molecule has 0 saturated carbocycles. The molecule has 0 radical (unpaired) electrons. The summed E-state index contributed by atoms with van der Waals surface area (Å²) in [6, 6.07) is 5.88. The van der Waals surface area contributed by atoms with Gasteiger partial charge in [-0.2, -0.15) is 0 Å². The molecule has 0 unspecified atom stereocenters. The molecule has 0 heterocycles. The predicted octanol–water partition coefficient (Wildman–Crippen LogP) is 5.21. The Morgan fingerprint density at radius 1 is 1.08 bits per heavy atom. The number of nitrogens with zero attached hydrogens (tertiary/aromatic N) is 1. The van der Waals surface area contributed by atoms with Gasteiger partial charge in [0.15, 0.2) is 0 Å². The highest BCUT2D eigenvalue weighted by atomic mass is 19.1. The molecule has 0 spiro atoms. The van der Waals surface area contributed by atoms with Gasteiger partial charge in [0.2, 0.25) is 0 Å². The van der Waals surface area contributed by atoms with Crippen LogP contribution in [0.3, 0.4) is 0 Å². The number of nitrogens with one attached hydrogen (secondary N) is 1. The maximum Gasteiger partial charge on any atom is 0.132 e. The first kappa shape index (κ1) is 17.6. The molecule has 0 aliphatic carbocycles. The molecule has 0 aliphatic rings. The molecule has 0 saturated heterocycles. The fourth-order valence-corrected chi connectivity index (χ4v) is 2.01. The van der Waals surface area contributed by atoms with E-state index in [0.29, 0.717) is 11.1 Å². The summed E-state index contributed by atoms with van der Waals surface area (Å²) in [5, 5.41) is 7.00. The Balaban J connectivity index is 2.35. The Kier molecular flexibility index (Phi) is 5.63. The highest BCUT2D eigenvalue weighted by Gasteiger charge is 2.14. The number of aliphatic imine (C=N–C) groups is 1. The van der Waals surface area contributed by atoms with Crippen molar-refractivity contribution < 1.29 is 17.6 Å². The van der Waals surface area contributed by atoms with Crippen molar-refractivity contribution in [3.63, 3.8) is 0 Å². The third kappa shape index (κ3) is 3.95. The minimum absolute atomic E-state index is 0.00146. The van der Waals surface area contributed by atoms with Gasteiger partial charge in [0.1, 0.15) is 24.1 Å². The summed E-state index contributed by atoms with van der Waals surface area (Å²) >= 11 is 0. The lowest BCUT2D eigenvalue weighted by molar-refractivity contribution is 0.440. The minimum Gasteiger partial charge on any atom is -0.308 e. The molecule has 0 fully saturated rings. The van der Waals surface area contributed by atoms with Gasteiger partial charge in [-0.3, -0.25) is 4.99 Å². The maximum atomic E-state index is 14.2.